The van der Waals surface area contributed by atoms with E-state index in [0.29, 0.717) is 22.8 Å². The number of ether oxygens (including phenoxy) is 2. The molecule has 0 atom stereocenters. The molecule has 0 saturated carbocycles. The minimum absolute atomic E-state index is 0.0561. The number of carbonyl (C=O) groups excluding carboxylic acids is 2. The van der Waals surface area contributed by atoms with Gasteiger partial charge >= 0.3 is 5.69 Å². The van der Waals surface area contributed by atoms with Crippen LogP contribution in [0.5, 0.6) is 11.5 Å². The van der Waals surface area contributed by atoms with Crippen LogP contribution in [0.1, 0.15) is 21.6 Å². The zero-order valence-corrected chi connectivity index (χ0v) is 17.1. The first-order valence-electron chi connectivity index (χ1n) is 9.12. The van der Waals surface area contributed by atoms with Crippen molar-refractivity contribution in [1.82, 2.24) is 19.9 Å². The molecule has 160 valence electrons. The van der Waals surface area contributed by atoms with Gasteiger partial charge in [0.15, 0.2) is 16.6 Å². The molecule has 11 nitrogen and oxygen atoms in total. The Hall–Kier alpha value is -3.93. The number of aromatic amines is 1. The minimum atomic E-state index is -0.749. The largest absolute Gasteiger partial charge is 0.454 e. The van der Waals surface area contributed by atoms with Crippen molar-refractivity contribution in [3.63, 3.8) is 0 Å². The summed E-state index contributed by atoms with van der Waals surface area (Å²) < 4.78 is 11.5. The Kier molecular flexibility index (Phi) is 5.54. The van der Waals surface area contributed by atoms with Crippen molar-refractivity contribution in [2.75, 3.05) is 19.2 Å². The van der Waals surface area contributed by atoms with Crippen LogP contribution in [0.15, 0.2) is 39.4 Å². The number of nitrogens with zero attached hydrogens (tertiary/aromatic N) is 2. The van der Waals surface area contributed by atoms with Crippen molar-refractivity contribution in [3.8, 4) is 11.5 Å². The molecular formula is C19H17N5O6S. The third kappa shape index (κ3) is 4.33. The van der Waals surface area contributed by atoms with Gasteiger partial charge in [-0.25, -0.2) is 9.78 Å². The fourth-order valence-electron chi connectivity index (χ4n) is 2.90. The number of rotatable bonds is 6. The molecule has 31 heavy (non-hydrogen) atoms. The summed E-state index contributed by atoms with van der Waals surface area (Å²) in [4.78, 5) is 55.6. The van der Waals surface area contributed by atoms with E-state index in [9.17, 15) is 19.2 Å². The summed E-state index contributed by atoms with van der Waals surface area (Å²) >= 11 is 1.12. The Morgan fingerprint density at radius 3 is 2.87 bits per heavy atom. The highest BCUT2D eigenvalue weighted by Gasteiger charge is 2.18. The van der Waals surface area contributed by atoms with Gasteiger partial charge in [0.2, 0.25) is 12.7 Å². The third-order valence-electron chi connectivity index (χ3n) is 4.48. The monoisotopic (exact) mass is 443 g/mol. The van der Waals surface area contributed by atoms with Crippen LogP contribution in [0, 0.1) is 0 Å². The number of likely N-dealkylation sites (N-methyl/N-ethyl adjacent to an activating group) is 1. The highest BCUT2D eigenvalue weighted by Crippen LogP contribution is 2.32. The van der Waals surface area contributed by atoms with Gasteiger partial charge in [-0.3, -0.25) is 24.3 Å². The predicted octanol–water partition coefficient (Wildman–Crippen LogP) is 0.311. The lowest BCUT2D eigenvalue weighted by molar-refractivity contribution is -0.120. The molecule has 3 aromatic rings. The molecular weight excluding hydrogens is 426 g/mol. The van der Waals surface area contributed by atoms with E-state index < -0.39 is 17.2 Å². The van der Waals surface area contributed by atoms with E-state index in [1.165, 1.54) is 7.05 Å². The second-order valence-electron chi connectivity index (χ2n) is 6.53. The van der Waals surface area contributed by atoms with Crippen LogP contribution in [0.2, 0.25) is 0 Å². The van der Waals surface area contributed by atoms with Gasteiger partial charge in [0.05, 0.1) is 18.7 Å². The maximum atomic E-state index is 12.8. The molecule has 0 unspecified atom stereocenters. The van der Waals surface area contributed by atoms with E-state index in [1.807, 2.05) is 0 Å². The van der Waals surface area contributed by atoms with Crippen molar-refractivity contribution in [2.45, 2.75) is 13.0 Å². The molecule has 0 saturated heterocycles. The zero-order valence-electron chi connectivity index (χ0n) is 16.3. The first-order valence-corrected chi connectivity index (χ1v) is 10.00. The highest BCUT2D eigenvalue weighted by molar-refractivity contribution is 7.14. The lowest BCUT2D eigenvalue weighted by atomic mass is 10.2. The Balaban J connectivity index is 1.54. The standard InChI is InChI=1S/C19H17N5O6S/c1-20-15(25)5-11-8-31-18(22-11)23-16(26)12-6-21-19(28)24(17(12)27)7-10-2-3-13-14(4-10)30-9-29-13/h2-4,6,8H,5,7,9H2,1H3,(H,20,25)(H,21,28)(H,22,23,26). The Labute approximate surface area is 178 Å². The summed E-state index contributed by atoms with van der Waals surface area (Å²) in [6, 6.07) is 5.06. The van der Waals surface area contributed by atoms with Crippen LogP contribution in [-0.2, 0) is 17.8 Å². The Morgan fingerprint density at radius 2 is 2.06 bits per heavy atom. The van der Waals surface area contributed by atoms with Crippen molar-refractivity contribution in [3.05, 3.63) is 67.4 Å². The molecule has 4 rings (SSSR count). The number of aromatic nitrogens is 3. The van der Waals surface area contributed by atoms with E-state index in [1.54, 1.807) is 23.6 Å². The van der Waals surface area contributed by atoms with Crippen molar-refractivity contribution in [2.24, 2.45) is 0 Å². The van der Waals surface area contributed by atoms with Gasteiger partial charge in [-0.1, -0.05) is 6.07 Å². The molecule has 2 aromatic heterocycles. The maximum absolute atomic E-state index is 12.8. The number of hydrogen-bond donors (Lipinski definition) is 3. The van der Waals surface area contributed by atoms with E-state index in [2.05, 4.69) is 20.6 Å². The molecule has 0 bridgehead atoms. The normalized spacial score (nSPS) is 11.9. The summed E-state index contributed by atoms with van der Waals surface area (Å²) in [6.07, 6.45) is 1.14. The molecule has 3 heterocycles. The number of carbonyl (C=O) groups is 2. The van der Waals surface area contributed by atoms with Crippen LogP contribution in [0.25, 0.3) is 0 Å². The molecule has 0 spiro atoms. The van der Waals surface area contributed by atoms with Crippen LogP contribution < -0.4 is 31.4 Å². The smallest absolute Gasteiger partial charge is 0.328 e. The van der Waals surface area contributed by atoms with Crippen LogP contribution >= 0.6 is 11.3 Å². The van der Waals surface area contributed by atoms with E-state index >= 15 is 0 Å². The number of nitrogens with one attached hydrogen (secondary N) is 3. The fraction of sp³-hybridized carbons (Fsp3) is 0.211. The summed E-state index contributed by atoms with van der Waals surface area (Å²) in [5, 5.41) is 6.88. The van der Waals surface area contributed by atoms with Crippen molar-refractivity contribution < 1.29 is 19.1 Å². The van der Waals surface area contributed by atoms with Gasteiger partial charge in [-0.05, 0) is 17.7 Å². The van der Waals surface area contributed by atoms with Crippen LogP contribution in [0.4, 0.5) is 5.13 Å². The average molecular weight is 443 g/mol. The molecule has 12 heteroatoms. The number of amides is 2. The molecule has 0 fully saturated rings. The predicted molar refractivity (Wildman–Crippen MR) is 111 cm³/mol. The Bertz CT molecular complexity index is 1280. The van der Waals surface area contributed by atoms with Gasteiger partial charge in [0, 0.05) is 18.6 Å². The van der Waals surface area contributed by atoms with Gasteiger partial charge in [-0.15, -0.1) is 11.3 Å². The molecule has 1 aliphatic rings. The number of fused-ring (bicyclic) bond motifs is 1. The first kappa shape index (κ1) is 20.3. The number of H-pyrrole nitrogens is 1. The first-order chi connectivity index (χ1) is 14.9. The third-order valence-corrected chi connectivity index (χ3v) is 5.28. The van der Waals surface area contributed by atoms with Gasteiger partial charge in [0.25, 0.3) is 11.5 Å². The van der Waals surface area contributed by atoms with Gasteiger partial charge in [-0.2, -0.15) is 0 Å². The summed E-state index contributed by atoms with van der Waals surface area (Å²) in [6.45, 7) is 0.0516. The average Bonchev–Trinajstić information content (AvgIpc) is 3.39. The maximum Gasteiger partial charge on any atom is 0.328 e. The molecule has 1 aromatic carbocycles. The topological polar surface area (TPSA) is 144 Å². The summed E-state index contributed by atoms with van der Waals surface area (Å²) in [7, 11) is 1.52. The molecule has 1 aliphatic heterocycles. The number of benzene rings is 1. The van der Waals surface area contributed by atoms with Gasteiger partial charge in [0.1, 0.15) is 5.56 Å². The zero-order chi connectivity index (χ0) is 22.0. The summed E-state index contributed by atoms with van der Waals surface area (Å²) in [5.74, 6) is 0.168. The SMILES string of the molecule is CNC(=O)Cc1csc(NC(=O)c2c[nH]c(=O)n(Cc3ccc4c(c3)OCO4)c2=O)n1. The second-order valence-corrected chi connectivity index (χ2v) is 7.39. The van der Waals surface area contributed by atoms with E-state index in [4.69, 9.17) is 9.47 Å². The quantitative estimate of drug-likeness (QED) is 0.497. The molecule has 0 radical (unpaired) electrons. The lowest BCUT2D eigenvalue weighted by Gasteiger charge is -2.08. The van der Waals surface area contributed by atoms with E-state index in [0.717, 1.165) is 22.1 Å². The van der Waals surface area contributed by atoms with Gasteiger partial charge < -0.3 is 19.8 Å². The number of anilines is 1. The Morgan fingerprint density at radius 1 is 1.26 bits per heavy atom. The molecule has 3 N–H and O–H groups in total. The van der Waals surface area contributed by atoms with E-state index in [-0.39, 0.29) is 36.4 Å². The fourth-order valence-corrected chi connectivity index (χ4v) is 3.61. The molecule has 0 aliphatic carbocycles. The van der Waals surface area contributed by atoms with Crippen molar-refractivity contribution in [1.29, 1.82) is 0 Å². The van der Waals surface area contributed by atoms with Crippen LogP contribution in [-0.4, -0.2) is 40.2 Å². The highest BCUT2D eigenvalue weighted by atomic mass is 32.1. The lowest BCUT2D eigenvalue weighted by Crippen LogP contribution is -2.39. The van der Waals surface area contributed by atoms with Crippen molar-refractivity contribution >= 4 is 28.3 Å². The number of thiazole rings is 1. The second kappa shape index (κ2) is 8.44. The number of hydrogen-bond acceptors (Lipinski definition) is 8. The molecule has 2 amide bonds. The summed E-state index contributed by atoms with van der Waals surface area (Å²) in [5.41, 5.74) is -0.528. The minimum Gasteiger partial charge on any atom is -0.454 e. The van der Waals surface area contributed by atoms with Crippen LogP contribution in [0.3, 0.4) is 0 Å².